The molecule has 0 aromatic carbocycles. The van der Waals surface area contributed by atoms with E-state index in [0.29, 0.717) is 12.6 Å². The van der Waals surface area contributed by atoms with Crippen molar-refractivity contribution in [2.75, 3.05) is 13.7 Å². The summed E-state index contributed by atoms with van der Waals surface area (Å²) in [6, 6.07) is 0.292. The maximum atomic E-state index is 12.1. The lowest BCUT2D eigenvalue weighted by atomic mass is 9.92. The molecule has 0 radical (unpaired) electrons. The molecule has 0 bridgehead atoms. The van der Waals surface area contributed by atoms with Crippen LogP contribution in [0, 0.1) is 0 Å². The molecule has 4 heteroatoms. The molecular formula is C12H21NO3. The largest absolute Gasteiger partial charge is 0.393 e. The minimum absolute atomic E-state index is 0.124. The van der Waals surface area contributed by atoms with E-state index in [4.69, 9.17) is 4.74 Å². The first-order valence-electron chi connectivity index (χ1n) is 6.25. The van der Waals surface area contributed by atoms with Gasteiger partial charge < -0.3 is 14.7 Å². The lowest BCUT2D eigenvalue weighted by Crippen LogP contribution is -2.44. The molecule has 2 fully saturated rings. The highest BCUT2D eigenvalue weighted by Gasteiger charge is 2.31. The third-order valence-electron chi connectivity index (χ3n) is 3.77. The van der Waals surface area contributed by atoms with Crippen molar-refractivity contribution in [3.63, 3.8) is 0 Å². The number of hydrogen-bond acceptors (Lipinski definition) is 3. The van der Waals surface area contributed by atoms with Gasteiger partial charge in [0.25, 0.3) is 5.91 Å². The van der Waals surface area contributed by atoms with Crippen LogP contribution in [0.15, 0.2) is 0 Å². The highest BCUT2D eigenvalue weighted by atomic mass is 16.5. The number of nitrogens with zero attached hydrogens (tertiary/aromatic N) is 1. The summed E-state index contributed by atoms with van der Waals surface area (Å²) in [6.45, 7) is 0.716. The molecule has 2 aliphatic rings. The smallest absolute Gasteiger partial charge is 0.251 e. The van der Waals surface area contributed by atoms with Crippen LogP contribution in [0.25, 0.3) is 0 Å². The van der Waals surface area contributed by atoms with Crippen LogP contribution in [0.2, 0.25) is 0 Å². The summed E-state index contributed by atoms with van der Waals surface area (Å²) < 4.78 is 5.41. The number of amides is 1. The maximum Gasteiger partial charge on any atom is 0.251 e. The van der Waals surface area contributed by atoms with Gasteiger partial charge in [0.05, 0.1) is 6.10 Å². The number of carbonyl (C=O) groups is 1. The number of ether oxygens (including phenoxy) is 1. The average molecular weight is 227 g/mol. The minimum Gasteiger partial charge on any atom is -0.393 e. The lowest BCUT2D eigenvalue weighted by molar-refractivity contribution is -0.142. The van der Waals surface area contributed by atoms with E-state index in [9.17, 15) is 9.90 Å². The predicted octanol–water partition coefficient (Wildman–Crippen LogP) is 0.927. The molecular weight excluding hydrogens is 206 g/mol. The zero-order valence-corrected chi connectivity index (χ0v) is 9.89. The van der Waals surface area contributed by atoms with Crippen LogP contribution in [0.1, 0.15) is 38.5 Å². The quantitative estimate of drug-likeness (QED) is 0.763. The van der Waals surface area contributed by atoms with Crippen molar-refractivity contribution in [3.8, 4) is 0 Å². The number of rotatable bonds is 2. The van der Waals surface area contributed by atoms with E-state index in [0.717, 1.165) is 38.5 Å². The molecule has 1 atom stereocenters. The molecule has 1 heterocycles. The second kappa shape index (κ2) is 5.15. The second-order valence-electron chi connectivity index (χ2n) is 4.91. The Morgan fingerprint density at radius 3 is 2.50 bits per heavy atom. The molecule has 1 unspecified atom stereocenters. The Kier molecular flexibility index (Phi) is 3.82. The van der Waals surface area contributed by atoms with Crippen LogP contribution in [0.5, 0.6) is 0 Å². The molecule has 0 aromatic rings. The molecule has 92 valence electrons. The summed E-state index contributed by atoms with van der Waals surface area (Å²) in [4.78, 5) is 13.9. The number of aliphatic hydroxyl groups excluding tert-OH is 1. The van der Waals surface area contributed by atoms with Gasteiger partial charge in [-0.15, -0.1) is 0 Å². The zero-order chi connectivity index (χ0) is 11.5. The highest BCUT2D eigenvalue weighted by Crippen LogP contribution is 2.24. The van der Waals surface area contributed by atoms with E-state index in [1.54, 1.807) is 0 Å². The molecule has 1 aliphatic heterocycles. The lowest BCUT2D eigenvalue weighted by Gasteiger charge is -2.34. The van der Waals surface area contributed by atoms with Gasteiger partial charge >= 0.3 is 0 Å². The molecule has 1 saturated heterocycles. The van der Waals surface area contributed by atoms with Gasteiger partial charge in [-0.2, -0.15) is 0 Å². The fourth-order valence-corrected chi connectivity index (χ4v) is 2.63. The number of aliphatic hydroxyl groups is 1. The second-order valence-corrected chi connectivity index (χ2v) is 4.91. The summed E-state index contributed by atoms with van der Waals surface area (Å²) in [7, 11) is 1.87. The first-order valence-corrected chi connectivity index (χ1v) is 6.25. The molecule has 1 amide bonds. The van der Waals surface area contributed by atoms with E-state index >= 15 is 0 Å². The van der Waals surface area contributed by atoms with Crippen molar-refractivity contribution in [2.24, 2.45) is 0 Å². The maximum absolute atomic E-state index is 12.1. The molecule has 0 spiro atoms. The van der Waals surface area contributed by atoms with Crippen LogP contribution in [-0.2, 0) is 9.53 Å². The number of hydrogen-bond donors (Lipinski definition) is 1. The molecule has 1 aliphatic carbocycles. The first-order chi connectivity index (χ1) is 7.68. The van der Waals surface area contributed by atoms with Crippen LogP contribution in [0.3, 0.4) is 0 Å². The van der Waals surface area contributed by atoms with Gasteiger partial charge in [-0.1, -0.05) is 0 Å². The third kappa shape index (κ3) is 2.55. The third-order valence-corrected chi connectivity index (χ3v) is 3.77. The van der Waals surface area contributed by atoms with Crippen molar-refractivity contribution in [1.82, 2.24) is 4.90 Å². The summed E-state index contributed by atoms with van der Waals surface area (Å²) in [5.41, 5.74) is 0. The van der Waals surface area contributed by atoms with Crippen molar-refractivity contribution in [1.29, 1.82) is 0 Å². The molecule has 2 rings (SSSR count). The molecule has 0 aromatic heterocycles. The van der Waals surface area contributed by atoms with E-state index in [1.165, 1.54) is 0 Å². The SMILES string of the molecule is CN(C(=O)C1CCCO1)C1CCC(O)CC1. The molecule has 1 saturated carbocycles. The van der Waals surface area contributed by atoms with Crippen LogP contribution >= 0.6 is 0 Å². The zero-order valence-electron chi connectivity index (χ0n) is 9.89. The van der Waals surface area contributed by atoms with Crippen LogP contribution in [0.4, 0.5) is 0 Å². The van der Waals surface area contributed by atoms with E-state index in [-0.39, 0.29) is 18.1 Å². The molecule has 1 N–H and O–H groups in total. The van der Waals surface area contributed by atoms with Gasteiger partial charge in [0.2, 0.25) is 0 Å². The number of carbonyl (C=O) groups excluding carboxylic acids is 1. The predicted molar refractivity (Wildman–Crippen MR) is 60.0 cm³/mol. The van der Waals surface area contributed by atoms with Crippen LogP contribution < -0.4 is 0 Å². The summed E-state index contributed by atoms with van der Waals surface area (Å²) in [5, 5.41) is 9.43. The highest BCUT2D eigenvalue weighted by molar-refractivity contribution is 5.81. The van der Waals surface area contributed by atoms with E-state index in [2.05, 4.69) is 0 Å². The standard InChI is InChI=1S/C12H21NO3/c1-13(9-4-6-10(14)7-5-9)12(15)11-3-2-8-16-11/h9-11,14H,2-8H2,1H3. The Bertz CT molecular complexity index is 243. The Balaban J connectivity index is 1.86. The van der Waals surface area contributed by atoms with Gasteiger partial charge in [-0.25, -0.2) is 0 Å². The fourth-order valence-electron chi connectivity index (χ4n) is 2.63. The van der Waals surface area contributed by atoms with Gasteiger partial charge in [0.15, 0.2) is 0 Å². The van der Waals surface area contributed by atoms with Gasteiger partial charge in [0.1, 0.15) is 6.10 Å². The monoisotopic (exact) mass is 227 g/mol. The van der Waals surface area contributed by atoms with Crippen molar-refractivity contribution in [3.05, 3.63) is 0 Å². The van der Waals surface area contributed by atoms with Crippen LogP contribution in [-0.4, -0.2) is 47.8 Å². The van der Waals surface area contributed by atoms with Crippen molar-refractivity contribution < 1.29 is 14.6 Å². The Morgan fingerprint density at radius 1 is 1.25 bits per heavy atom. The van der Waals surface area contributed by atoms with Gasteiger partial charge in [-0.05, 0) is 38.5 Å². The summed E-state index contributed by atoms with van der Waals surface area (Å²) in [5.74, 6) is 0.124. The van der Waals surface area contributed by atoms with Crippen molar-refractivity contribution in [2.45, 2.75) is 56.8 Å². The van der Waals surface area contributed by atoms with E-state index < -0.39 is 0 Å². The number of likely N-dealkylation sites (N-methyl/N-ethyl adjacent to an activating group) is 1. The van der Waals surface area contributed by atoms with Gasteiger partial charge in [0, 0.05) is 19.7 Å². The minimum atomic E-state index is -0.211. The molecule has 4 nitrogen and oxygen atoms in total. The normalized spacial score (nSPS) is 35.0. The molecule has 16 heavy (non-hydrogen) atoms. The fraction of sp³-hybridized carbons (Fsp3) is 0.917. The van der Waals surface area contributed by atoms with Gasteiger partial charge in [-0.3, -0.25) is 4.79 Å². The Morgan fingerprint density at radius 2 is 1.94 bits per heavy atom. The average Bonchev–Trinajstić information content (AvgIpc) is 2.81. The van der Waals surface area contributed by atoms with E-state index in [1.807, 2.05) is 11.9 Å². The Hall–Kier alpha value is -0.610. The summed E-state index contributed by atoms with van der Waals surface area (Å²) in [6.07, 6.45) is 4.93. The first kappa shape index (κ1) is 11.9. The summed E-state index contributed by atoms with van der Waals surface area (Å²) >= 11 is 0. The topological polar surface area (TPSA) is 49.8 Å². The van der Waals surface area contributed by atoms with Crippen molar-refractivity contribution >= 4 is 5.91 Å². The Labute approximate surface area is 96.6 Å².